The highest BCUT2D eigenvalue weighted by Crippen LogP contribution is 2.42. The number of hydrogen-bond donors (Lipinski definition) is 0. The highest BCUT2D eigenvalue weighted by atomic mass is 32.2. The summed E-state index contributed by atoms with van der Waals surface area (Å²) in [5.41, 5.74) is 6.01. The van der Waals surface area contributed by atoms with Crippen LogP contribution in [0, 0.1) is 0 Å². The van der Waals surface area contributed by atoms with Crippen LogP contribution >= 0.6 is 11.8 Å². The van der Waals surface area contributed by atoms with E-state index < -0.39 is 0 Å². The molecule has 0 N–H and O–H groups in total. The molecule has 27 heavy (non-hydrogen) atoms. The predicted octanol–water partition coefficient (Wildman–Crippen LogP) is 4.92. The minimum atomic E-state index is -0.0291. The quantitative estimate of drug-likeness (QED) is 0.647. The standard InChI is InChI=1S/C22H23N3OS/c1-4-15-10-12-16(13-11-15)25(5-2)22(26)20-18-14-27-19-9-7-6-8-17(19)21(18)24(3)23-20/h6-13H,4-5,14H2,1-3H3. The lowest BCUT2D eigenvalue weighted by Gasteiger charge is -2.22. The Balaban J connectivity index is 1.74. The predicted molar refractivity (Wildman–Crippen MR) is 111 cm³/mol. The molecule has 0 unspecified atom stereocenters. The van der Waals surface area contributed by atoms with Crippen LogP contribution in [-0.4, -0.2) is 22.2 Å². The molecule has 0 spiro atoms. The minimum Gasteiger partial charge on any atom is -0.307 e. The van der Waals surface area contributed by atoms with Crippen molar-refractivity contribution in [2.45, 2.75) is 30.9 Å². The SMILES string of the molecule is CCc1ccc(N(CC)C(=O)c2nn(C)c3c2CSc2ccccc2-3)cc1. The Labute approximate surface area is 164 Å². The third-order valence-corrected chi connectivity index (χ3v) is 6.18. The van der Waals surface area contributed by atoms with Crippen LogP contribution in [0.4, 0.5) is 5.69 Å². The number of aryl methyl sites for hydroxylation is 2. The second-order valence-electron chi connectivity index (χ2n) is 6.65. The number of anilines is 1. The lowest BCUT2D eigenvalue weighted by molar-refractivity contribution is 0.0982. The van der Waals surface area contributed by atoms with Gasteiger partial charge in [0.1, 0.15) is 0 Å². The fourth-order valence-electron chi connectivity index (χ4n) is 3.63. The molecule has 2 aromatic carbocycles. The Bertz CT molecular complexity index is 991. The first-order valence-electron chi connectivity index (χ1n) is 9.32. The first-order chi connectivity index (χ1) is 13.1. The van der Waals surface area contributed by atoms with Gasteiger partial charge in [-0.25, -0.2) is 0 Å². The minimum absolute atomic E-state index is 0.0291. The van der Waals surface area contributed by atoms with Gasteiger partial charge in [0.2, 0.25) is 0 Å². The zero-order chi connectivity index (χ0) is 19.0. The van der Waals surface area contributed by atoms with Crippen LogP contribution in [0.1, 0.15) is 35.5 Å². The highest BCUT2D eigenvalue weighted by Gasteiger charge is 2.29. The van der Waals surface area contributed by atoms with Crippen molar-refractivity contribution in [3.05, 3.63) is 65.4 Å². The summed E-state index contributed by atoms with van der Waals surface area (Å²) in [6.07, 6.45) is 0.991. The van der Waals surface area contributed by atoms with Gasteiger partial charge in [0, 0.05) is 41.1 Å². The summed E-state index contributed by atoms with van der Waals surface area (Å²) in [5, 5.41) is 4.63. The third kappa shape index (κ3) is 3.06. The lowest BCUT2D eigenvalue weighted by Crippen LogP contribution is -2.31. The molecule has 0 bridgehead atoms. The van der Waals surface area contributed by atoms with Crippen LogP contribution in [-0.2, 0) is 19.2 Å². The molecule has 1 aliphatic heterocycles. The number of benzene rings is 2. The van der Waals surface area contributed by atoms with Gasteiger partial charge in [-0.15, -0.1) is 11.8 Å². The molecule has 4 rings (SSSR count). The van der Waals surface area contributed by atoms with E-state index >= 15 is 0 Å². The molecule has 4 nitrogen and oxygen atoms in total. The summed E-state index contributed by atoms with van der Waals surface area (Å²) in [7, 11) is 1.93. The summed E-state index contributed by atoms with van der Waals surface area (Å²) in [6, 6.07) is 16.6. The smallest absolute Gasteiger partial charge is 0.279 e. The molecule has 0 saturated carbocycles. The number of aromatic nitrogens is 2. The molecule has 0 fully saturated rings. The topological polar surface area (TPSA) is 38.1 Å². The number of carbonyl (C=O) groups excluding carboxylic acids is 1. The average Bonchev–Trinajstić information content (AvgIpc) is 3.06. The Morgan fingerprint density at radius 2 is 1.89 bits per heavy atom. The maximum atomic E-state index is 13.4. The van der Waals surface area contributed by atoms with E-state index in [4.69, 9.17) is 0 Å². The Morgan fingerprint density at radius 3 is 2.59 bits per heavy atom. The summed E-state index contributed by atoms with van der Waals surface area (Å²) in [6.45, 7) is 4.75. The summed E-state index contributed by atoms with van der Waals surface area (Å²) >= 11 is 1.77. The van der Waals surface area contributed by atoms with Gasteiger partial charge >= 0.3 is 0 Å². The number of amides is 1. The van der Waals surface area contributed by atoms with E-state index in [-0.39, 0.29) is 5.91 Å². The molecule has 3 aromatic rings. The van der Waals surface area contributed by atoms with Crippen LogP contribution in [0.5, 0.6) is 0 Å². The van der Waals surface area contributed by atoms with E-state index in [2.05, 4.69) is 42.4 Å². The van der Waals surface area contributed by atoms with Crippen molar-refractivity contribution in [1.29, 1.82) is 0 Å². The Hall–Kier alpha value is -2.53. The zero-order valence-corrected chi connectivity index (χ0v) is 16.7. The molecule has 0 atom stereocenters. The van der Waals surface area contributed by atoms with E-state index in [9.17, 15) is 4.79 Å². The van der Waals surface area contributed by atoms with Crippen molar-refractivity contribution in [2.75, 3.05) is 11.4 Å². The zero-order valence-electron chi connectivity index (χ0n) is 15.9. The number of hydrogen-bond acceptors (Lipinski definition) is 3. The second-order valence-corrected chi connectivity index (χ2v) is 7.67. The second kappa shape index (κ2) is 7.24. The van der Waals surface area contributed by atoms with E-state index in [1.165, 1.54) is 10.5 Å². The van der Waals surface area contributed by atoms with Gasteiger partial charge in [-0.1, -0.05) is 37.3 Å². The molecule has 1 aromatic heterocycles. The number of carbonyl (C=O) groups is 1. The summed E-state index contributed by atoms with van der Waals surface area (Å²) in [4.78, 5) is 16.4. The number of nitrogens with zero attached hydrogens (tertiary/aromatic N) is 3. The molecule has 2 heterocycles. The van der Waals surface area contributed by atoms with Crippen molar-refractivity contribution in [3.63, 3.8) is 0 Å². The van der Waals surface area contributed by atoms with Gasteiger partial charge < -0.3 is 4.90 Å². The van der Waals surface area contributed by atoms with Gasteiger partial charge in [-0.05, 0) is 37.1 Å². The molecular weight excluding hydrogens is 354 g/mol. The Morgan fingerprint density at radius 1 is 1.15 bits per heavy atom. The van der Waals surface area contributed by atoms with Crippen molar-refractivity contribution in [2.24, 2.45) is 7.05 Å². The molecule has 0 aliphatic carbocycles. The van der Waals surface area contributed by atoms with E-state index in [1.54, 1.807) is 11.8 Å². The molecule has 0 radical (unpaired) electrons. The van der Waals surface area contributed by atoms with Gasteiger partial charge in [-0.3, -0.25) is 9.48 Å². The molecule has 1 aliphatic rings. The largest absolute Gasteiger partial charge is 0.307 e. The van der Waals surface area contributed by atoms with E-state index in [1.807, 2.05) is 41.8 Å². The maximum absolute atomic E-state index is 13.4. The molecular formula is C22H23N3OS. The first kappa shape index (κ1) is 17.9. The lowest BCUT2D eigenvalue weighted by atomic mass is 10.1. The monoisotopic (exact) mass is 377 g/mol. The third-order valence-electron chi connectivity index (χ3n) is 5.08. The van der Waals surface area contributed by atoms with E-state index in [0.717, 1.165) is 34.7 Å². The Kier molecular flexibility index (Phi) is 4.79. The maximum Gasteiger partial charge on any atom is 0.279 e. The number of thioether (sulfide) groups is 1. The molecule has 0 saturated heterocycles. The fraction of sp³-hybridized carbons (Fsp3) is 0.273. The van der Waals surface area contributed by atoms with Crippen LogP contribution in [0.25, 0.3) is 11.3 Å². The van der Waals surface area contributed by atoms with Gasteiger partial charge in [-0.2, -0.15) is 5.10 Å². The van der Waals surface area contributed by atoms with Crippen molar-refractivity contribution >= 4 is 23.4 Å². The normalized spacial score (nSPS) is 12.4. The summed E-state index contributed by atoms with van der Waals surface area (Å²) < 4.78 is 1.86. The number of fused-ring (bicyclic) bond motifs is 3. The molecule has 1 amide bonds. The summed E-state index contributed by atoms with van der Waals surface area (Å²) in [5.74, 6) is 0.742. The van der Waals surface area contributed by atoms with Crippen LogP contribution in [0.3, 0.4) is 0 Å². The highest BCUT2D eigenvalue weighted by molar-refractivity contribution is 7.98. The van der Waals surface area contributed by atoms with Gasteiger partial charge in [0.15, 0.2) is 5.69 Å². The molecule has 5 heteroatoms. The molecule has 138 valence electrons. The average molecular weight is 378 g/mol. The first-order valence-corrected chi connectivity index (χ1v) is 10.3. The van der Waals surface area contributed by atoms with Crippen molar-refractivity contribution in [1.82, 2.24) is 9.78 Å². The van der Waals surface area contributed by atoms with Gasteiger partial charge in [0.25, 0.3) is 5.91 Å². The fourth-order valence-corrected chi connectivity index (χ4v) is 4.70. The van der Waals surface area contributed by atoms with Crippen LogP contribution in [0.2, 0.25) is 0 Å². The van der Waals surface area contributed by atoms with Gasteiger partial charge in [0.05, 0.1) is 5.69 Å². The number of rotatable bonds is 4. The van der Waals surface area contributed by atoms with Crippen molar-refractivity contribution < 1.29 is 4.79 Å². The van der Waals surface area contributed by atoms with Crippen LogP contribution < -0.4 is 4.90 Å². The van der Waals surface area contributed by atoms with Crippen LogP contribution in [0.15, 0.2) is 53.4 Å². The van der Waals surface area contributed by atoms with Crippen molar-refractivity contribution in [3.8, 4) is 11.3 Å². The van der Waals surface area contributed by atoms with E-state index in [0.29, 0.717) is 12.2 Å².